The summed E-state index contributed by atoms with van der Waals surface area (Å²) in [6, 6.07) is 16.7. The van der Waals surface area contributed by atoms with Gasteiger partial charge in [0, 0.05) is 25.0 Å². The third-order valence-electron chi connectivity index (χ3n) is 3.72. The van der Waals surface area contributed by atoms with Gasteiger partial charge in [-0.25, -0.2) is 9.59 Å². The van der Waals surface area contributed by atoms with Crippen molar-refractivity contribution in [2.24, 2.45) is 0 Å². The van der Waals surface area contributed by atoms with Crippen molar-refractivity contribution in [1.29, 1.82) is 0 Å². The summed E-state index contributed by atoms with van der Waals surface area (Å²) in [6.07, 6.45) is -2.43. The van der Waals surface area contributed by atoms with E-state index in [9.17, 15) is 19.2 Å². The molecule has 2 unspecified atom stereocenters. The van der Waals surface area contributed by atoms with Gasteiger partial charge in [-0.1, -0.05) is 60.7 Å². The molecule has 2 atom stereocenters. The van der Waals surface area contributed by atoms with Gasteiger partial charge in [-0.3, -0.25) is 9.59 Å². The van der Waals surface area contributed by atoms with Gasteiger partial charge in [0.15, 0.2) is 0 Å². The van der Waals surface area contributed by atoms with E-state index in [0.717, 1.165) is 0 Å². The summed E-state index contributed by atoms with van der Waals surface area (Å²) >= 11 is 0.218. The van der Waals surface area contributed by atoms with Crippen LogP contribution in [0.1, 0.15) is 51.0 Å². The van der Waals surface area contributed by atoms with E-state index in [2.05, 4.69) is 23.3 Å². The fourth-order valence-corrected chi connectivity index (χ4v) is 3.79. The summed E-state index contributed by atoms with van der Waals surface area (Å²) in [4.78, 5) is 42.8. The number of rotatable bonds is 8. The second-order valence-corrected chi connectivity index (χ2v) is 11.9. The van der Waals surface area contributed by atoms with E-state index in [4.69, 9.17) is 10.2 Å². The number of hydrogen-bond donors (Lipinski definition) is 2. The van der Waals surface area contributed by atoms with Crippen molar-refractivity contribution in [3.8, 4) is 0 Å². The standard InChI is InChI=1S/2C10H10O4.2C2H5.Sn/c2*1-7(11)14-9(10(12)13)8-5-3-2-4-6-8;2*1-2;/h2*2-6,9H,1H3,(H,12,13);2*1H2,2H3;. The molecule has 0 aliphatic rings. The predicted molar refractivity (Wildman–Crippen MR) is 124 cm³/mol. The average Bonchev–Trinajstić information content (AvgIpc) is 2.78. The van der Waals surface area contributed by atoms with Crippen LogP contribution in [0.4, 0.5) is 0 Å². The van der Waals surface area contributed by atoms with Gasteiger partial charge in [0.1, 0.15) is 0 Å². The van der Waals surface area contributed by atoms with Gasteiger partial charge in [0.25, 0.3) is 0 Å². The maximum atomic E-state index is 10.8. The quantitative estimate of drug-likeness (QED) is 0.358. The van der Waals surface area contributed by atoms with Crippen LogP contribution in [0.15, 0.2) is 60.7 Å². The molecule has 2 aromatic carbocycles. The topological polar surface area (TPSA) is 127 Å². The van der Waals surface area contributed by atoms with Gasteiger partial charge < -0.3 is 19.7 Å². The molecule has 2 N–H and O–H groups in total. The van der Waals surface area contributed by atoms with Gasteiger partial charge in [0.2, 0.25) is 12.2 Å². The van der Waals surface area contributed by atoms with E-state index in [-0.39, 0.29) is 21.1 Å². The summed E-state index contributed by atoms with van der Waals surface area (Å²) in [5.74, 6) is -3.57. The average molecular weight is 565 g/mol. The van der Waals surface area contributed by atoms with Crippen LogP contribution in [0, 0.1) is 0 Å². The Labute approximate surface area is 204 Å². The number of ether oxygens (including phenoxy) is 2. The first kappa shape index (κ1) is 30.1. The Bertz CT molecular complexity index is 784. The first-order valence-electron chi connectivity index (χ1n) is 10.2. The van der Waals surface area contributed by atoms with Crippen molar-refractivity contribution in [3.05, 3.63) is 71.8 Å². The minimum atomic E-state index is -1.21. The zero-order chi connectivity index (χ0) is 25.2. The normalized spacial score (nSPS) is 11.3. The number of carboxylic acid groups (broad SMARTS) is 2. The van der Waals surface area contributed by atoms with Crippen LogP contribution in [-0.2, 0) is 28.7 Å². The molecule has 0 amide bonds. The number of esters is 2. The summed E-state index contributed by atoms with van der Waals surface area (Å²) in [7, 11) is 0. The van der Waals surface area contributed by atoms with Crippen molar-refractivity contribution in [2.75, 3.05) is 0 Å². The van der Waals surface area contributed by atoms with Crippen LogP contribution in [0.3, 0.4) is 0 Å². The van der Waals surface area contributed by atoms with Gasteiger partial charge in [-0.15, -0.1) is 0 Å². The van der Waals surface area contributed by atoms with Crippen LogP contribution in [0.2, 0.25) is 8.87 Å². The van der Waals surface area contributed by atoms with Gasteiger partial charge >= 0.3 is 67.7 Å². The fraction of sp³-hybridized carbons (Fsp3) is 0.333. The molecule has 2 radical (unpaired) electrons. The summed E-state index contributed by atoms with van der Waals surface area (Å²) in [5, 5.41) is 17.6. The van der Waals surface area contributed by atoms with Gasteiger partial charge in [-0.05, 0) is 0 Å². The first-order valence-corrected chi connectivity index (χ1v) is 14.3. The molecule has 0 fully saturated rings. The first-order chi connectivity index (χ1) is 15.6. The molecular weight excluding hydrogens is 535 g/mol. The monoisotopic (exact) mass is 566 g/mol. The second kappa shape index (κ2) is 17.6. The molecule has 0 aromatic heterocycles. The zero-order valence-corrected chi connectivity index (χ0v) is 22.0. The number of hydrogen-bond acceptors (Lipinski definition) is 6. The van der Waals surface area contributed by atoms with Crippen molar-refractivity contribution >= 4 is 45.0 Å². The van der Waals surface area contributed by atoms with E-state index in [1.807, 2.05) is 0 Å². The Morgan fingerprint density at radius 3 is 1.18 bits per heavy atom. The number of carbonyl (C=O) groups excluding carboxylic acids is 2. The third-order valence-corrected chi connectivity index (χ3v) is 6.57. The van der Waals surface area contributed by atoms with Crippen molar-refractivity contribution in [1.82, 2.24) is 0 Å². The van der Waals surface area contributed by atoms with E-state index in [1.165, 1.54) is 22.7 Å². The molecule has 2 aromatic rings. The molecule has 0 heterocycles. The zero-order valence-electron chi connectivity index (χ0n) is 19.2. The predicted octanol–water partition coefficient (Wildman–Crippen LogP) is 4.32. The molecule has 2 rings (SSSR count). The maximum absolute atomic E-state index is 10.8. The SMILES string of the molecule is CC(=O)OC(C(=O)O)c1ccccc1.CC(=O)OC(C(=O)O)c1ccccc1.C[CH2][Sn][CH2]C. The number of carbonyl (C=O) groups is 4. The molecule has 0 spiro atoms. The Kier molecular flexibility index (Phi) is 16.1. The van der Waals surface area contributed by atoms with Crippen molar-refractivity contribution < 1.29 is 38.9 Å². The van der Waals surface area contributed by atoms with Crippen LogP contribution in [0.25, 0.3) is 0 Å². The Morgan fingerprint density at radius 1 is 0.697 bits per heavy atom. The third kappa shape index (κ3) is 14.0. The van der Waals surface area contributed by atoms with E-state index in [1.54, 1.807) is 60.7 Å². The van der Waals surface area contributed by atoms with Crippen molar-refractivity contribution in [3.63, 3.8) is 0 Å². The summed E-state index contributed by atoms with van der Waals surface area (Å²) in [5.41, 5.74) is 0.908. The Balaban J connectivity index is 0.000000517. The Morgan fingerprint density at radius 2 is 1.00 bits per heavy atom. The molecule has 0 bridgehead atoms. The van der Waals surface area contributed by atoms with Crippen LogP contribution in [0.5, 0.6) is 0 Å². The summed E-state index contributed by atoms with van der Waals surface area (Å²) < 4.78 is 12.3. The molecule has 33 heavy (non-hydrogen) atoms. The number of carboxylic acids is 2. The van der Waals surface area contributed by atoms with Crippen molar-refractivity contribution in [2.45, 2.75) is 48.8 Å². The molecule has 8 nitrogen and oxygen atoms in total. The van der Waals surface area contributed by atoms with E-state index < -0.39 is 36.1 Å². The molecular formula is C24H30O8Sn. The van der Waals surface area contributed by atoms with Crippen LogP contribution in [-0.4, -0.2) is 55.2 Å². The fourth-order valence-electron chi connectivity index (χ4n) is 2.36. The van der Waals surface area contributed by atoms with Crippen LogP contribution >= 0.6 is 0 Å². The molecule has 0 aliphatic heterocycles. The number of benzene rings is 2. The number of aliphatic carboxylic acids is 2. The molecule has 0 saturated heterocycles. The minimum absolute atomic E-state index is 0.218. The van der Waals surface area contributed by atoms with E-state index >= 15 is 0 Å². The molecule has 0 aliphatic carbocycles. The second-order valence-electron chi connectivity index (χ2n) is 6.43. The van der Waals surface area contributed by atoms with Gasteiger partial charge in [0.05, 0.1) is 0 Å². The molecule has 0 saturated carbocycles. The van der Waals surface area contributed by atoms with Gasteiger partial charge in [-0.2, -0.15) is 0 Å². The molecule has 178 valence electrons. The Hall–Kier alpha value is -2.88. The van der Waals surface area contributed by atoms with Crippen LogP contribution < -0.4 is 0 Å². The van der Waals surface area contributed by atoms with E-state index in [0.29, 0.717) is 11.1 Å². The molecule has 9 heteroatoms. The summed E-state index contributed by atoms with van der Waals surface area (Å²) in [6.45, 7) is 6.93.